The van der Waals surface area contributed by atoms with Crippen molar-refractivity contribution in [2.24, 2.45) is 5.16 Å². The molecule has 104 valence electrons. The van der Waals surface area contributed by atoms with Gasteiger partial charge in [-0.05, 0) is 13.3 Å². The Hall–Kier alpha value is -1.85. The van der Waals surface area contributed by atoms with Crippen LogP contribution in [0.2, 0.25) is 0 Å². The van der Waals surface area contributed by atoms with Crippen LogP contribution in [0.5, 0.6) is 0 Å². The lowest BCUT2D eigenvalue weighted by molar-refractivity contribution is 0.0738. The lowest BCUT2D eigenvalue weighted by Gasteiger charge is -2.08. The number of nitrogens with zero attached hydrogens (tertiary/aromatic N) is 2. The molecule has 0 spiro atoms. The van der Waals surface area contributed by atoms with Crippen molar-refractivity contribution in [3.63, 3.8) is 0 Å². The Kier molecular flexibility index (Phi) is 4.19. The first kappa shape index (κ1) is 13.6. The molecule has 1 N–H and O–H groups in total. The van der Waals surface area contributed by atoms with E-state index in [0.717, 1.165) is 18.6 Å². The van der Waals surface area contributed by atoms with Crippen molar-refractivity contribution in [2.75, 3.05) is 6.54 Å². The van der Waals surface area contributed by atoms with Gasteiger partial charge in [0.25, 0.3) is 5.91 Å². The van der Waals surface area contributed by atoms with Gasteiger partial charge in [-0.1, -0.05) is 19.0 Å². The third-order valence-electron chi connectivity index (χ3n) is 3.04. The molecule has 6 nitrogen and oxygen atoms in total. The average molecular weight is 265 g/mol. The summed E-state index contributed by atoms with van der Waals surface area (Å²) in [5.74, 6) is 0.612. The summed E-state index contributed by atoms with van der Waals surface area (Å²) in [7, 11) is 0. The normalized spacial score (nSPS) is 18.1. The van der Waals surface area contributed by atoms with Gasteiger partial charge in [0.1, 0.15) is 6.10 Å². The zero-order valence-electron chi connectivity index (χ0n) is 11.5. The van der Waals surface area contributed by atoms with Crippen molar-refractivity contribution in [3.8, 4) is 0 Å². The second kappa shape index (κ2) is 5.86. The number of oxime groups is 1. The van der Waals surface area contributed by atoms with Crippen molar-refractivity contribution < 1.29 is 14.0 Å². The molecule has 2 heterocycles. The summed E-state index contributed by atoms with van der Waals surface area (Å²) in [5, 5.41) is 6.74. The van der Waals surface area contributed by atoms with Crippen LogP contribution in [0.15, 0.2) is 9.57 Å². The van der Waals surface area contributed by atoms with E-state index in [1.54, 1.807) is 6.92 Å². The topological polar surface area (TPSA) is 76.7 Å². The number of carbonyl (C=O) groups excluding carboxylic acids is 1. The Balaban J connectivity index is 1.86. The summed E-state index contributed by atoms with van der Waals surface area (Å²) >= 11 is 0. The molecule has 1 aromatic rings. The summed E-state index contributed by atoms with van der Waals surface area (Å²) in [5.41, 5.74) is 1.65. The molecule has 1 aliphatic heterocycles. The van der Waals surface area contributed by atoms with Crippen LogP contribution in [-0.2, 0) is 11.3 Å². The number of rotatable bonds is 5. The quantitative estimate of drug-likeness (QED) is 0.881. The zero-order valence-corrected chi connectivity index (χ0v) is 11.5. The average Bonchev–Trinajstić information content (AvgIpc) is 3.02. The smallest absolute Gasteiger partial charge is 0.289 e. The molecule has 1 aromatic heterocycles. The summed E-state index contributed by atoms with van der Waals surface area (Å²) in [6.07, 6.45) is 2.25. The maximum absolute atomic E-state index is 12.0. The van der Waals surface area contributed by atoms with Crippen molar-refractivity contribution in [1.82, 2.24) is 10.3 Å². The molecular weight excluding hydrogens is 246 g/mol. The number of aromatic nitrogens is 1. The number of hydrogen-bond acceptors (Lipinski definition) is 5. The van der Waals surface area contributed by atoms with E-state index < -0.39 is 0 Å². The molecule has 2 rings (SSSR count). The molecular formula is C13H19N3O3. The number of aryl methyl sites for hydroxylation is 2. The van der Waals surface area contributed by atoms with E-state index >= 15 is 0 Å². The highest BCUT2D eigenvalue weighted by atomic mass is 16.6. The predicted octanol–water partition coefficient (Wildman–Crippen LogP) is 1.83. The van der Waals surface area contributed by atoms with Crippen LogP contribution in [0.25, 0.3) is 0 Å². The molecule has 1 aliphatic rings. The maximum Gasteiger partial charge on any atom is 0.289 e. The fraction of sp³-hybridized carbons (Fsp3) is 0.615. The molecule has 6 heteroatoms. The number of nitrogens with one attached hydrogen (secondary N) is 1. The Morgan fingerprint density at radius 1 is 1.42 bits per heavy atom. The van der Waals surface area contributed by atoms with E-state index in [-0.39, 0.29) is 17.8 Å². The maximum atomic E-state index is 12.0. The first-order chi connectivity index (χ1) is 9.13. The molecule has 19 heavy (non-hydrogen) atoms. The Morgan fingerprint density at radius 3 is 2.79 bits per heavy atom. The van der Waals surface area contributed by atoms with Crippen molar-refractivity contribution in [1.29, 1.82) is 0 Å². The third-order valence-corrected chi connectivity index (χ3v) is 3.04. The molecule has 0 saturated heterocycles. The van der Waals surface area contributed by atoms with Gasteiger partial charge in [0, 0.05) is 12.8 Å². The van der Waals surface area contributed by atoms with Crippen LogP contribution in [0.4, 0.5) is 0 Å². The van der Waals surface area contributed by atoms with E-state index in [2.05, 4.69) is 15.5 Å². The second-order valence-corrected chi connectivity index (χ2v) is 4.53. The lowest BCUT2D eigenvalue weighted by atomic mass is 10.1. The number of oxazole rings is 1. The largest absolute Gasteiger partial charge is 0.435 e. The minimum atomic E-state index is -0.252. The van der Waals surface area contributed by atoms with Crippen LogP contribution in [0.1, 0.15) is 48.8 Å². The van der Waals surface area contributed by atoms with Gasteiger partial charge in [0.15, 0.2) is 5.89 Å². The minimum absolute atomic E-state index is 0.0761. The van der Waals surface area contributed by atoms with Gasteiger partial charge in [0.05, 0.1) is 18.0 Å². The third kappa shape index (κ3) is 3.13. The van der Waals surface area contributed by atoms with Crippen molar-refractivity contribution in [2.45, 2.75) is 46.1 Å². The number of hydrogen-bond donors (Lipinski definition) is 1. The lowest BCUT2D eigenvalue weighted by Crippen LogP contribution is -2.32. The molecule has 0 aromatic carbocycles. The first-order valence-electron chi connectivity index (χ1n) is 6.60. The summed E-state index contributed by atoms with van der Waals surface area (Å²) in [6, 6.07) is 0. The molecule has 0 fully saturated rings. The SMILES string of the molecule is CCC1=NOC(CNC(=O)c2oc(CC)nc2C)C1. The zero-order chi connectivity index (χ0) is 13.8. The monoisotopic (exact) mass is 265 g/mol. The highest BCUT2D eigenvalue weighted by Gasteiger charge is 2.22. The molecule has 0 saturated carbocycles. The molecule has 1 amide bonds. The van der Waals surface area contributed by atoms with E-state index in [9.17, 15) is 4.79 Å². The van der Waals surface area contributed by atoms with Crippen LogP contribution < -0.4 is 5.32 Å². The van der Waals surface area contributed by atoms with Crippen LogP contribution in [0.3, 0.4) is 0 Å². The molecule has 1 unspecified atom stereocenters. The fourth-order valence-corrected chi connectivity index (χ4v) is 1.91. The Morgan fingerprint density at radius 2 is 2.21 bits per heavy atom. The highest BCUT2D eigenvalue weighted by Crippen LogP contribution is 2.13. The van der Waals surface area contributed by atoms with E-state index in [4.69, 9.17) is 9.25 Å². The second-order valence-electron chi connectivity index (χ2n) is 4.53. The van der Waals surface area contributed by atoms with E-state index in [1.165, 1.54) is 0 Å². The van der Waals surface area contributed by atoms with Crippen LogP contribution in [0, 0.1) is 6.92 Å². The van der Waals surface area contributed by atoms with Crippen molar-refractivity contribution >= 4 is 11.6 Å². The number of amides is 1. The predicted molar refractivity (Wildman–Crippen MR) is 70.2 cm³/mol. The van der Waals surface area contributed by atoms with Crippen LogP contribution in [-0.4, -0.2) is 29.3 Å². The molecule has 0 radical (unpaired) electrons. The minimum Gasteiger partial charge on any atom is -0.435 e. The summed E-state index contributed by atoms with van der Waals surface area (Å²) in [4.78, 5) is 21.4. The Labute approximate surface area is 112 Å². The van der Waals surface area contributed by atoms with Crippen LogP contribution >= 0.6 is 0 Å². The highest BCUT2D eigenvalue weighted by molar-refractivity contribution is 5.92. The van der Waals surface area contributed by atoms with Gasteiger partial charge < -0.3 is 14.6 Å². The molecule has 0 bridgehead atoms. The standard InChI is InChI=1S/C13H19N3O3/c1-4-9-6-10(19-16-9)7-14-13(17)12-8(3)15-11(5-2)18-12/h10H,4-7H2,1-3H3,(H,14,17). The summed E-state index contributed by atoms with van der Waals surface area (Å²) < 4.78 is 5.39. The Bertz CT molecular complexity index is 493. The fourth-order valence-electron chi connectivity index (χ4n) is 1.91. The molecule has 0 aliphatic carbocycles. The van der Waals surface area contributed by atoms with Crippen molar-refractivity contribution in [3.05, 3.63) is 17.3 Å². The molecule has 1 atom stereocenters. The van der Waals surface area contributed by atoms with Gasteiger partial charge in [-0.3, -0.25) is 4.79 Å². The van der Waals surface area contributed by atoms with Gasteiger partial charge in [-0.15, -0.1) is 0 Å². The van der Waals surface area contributed by atoms with Gasteiger partial charge in [-0.2, -0.15) is 0 Å². The van der Waals surface area contributed by atoms with Gasteiger partial charge in [-0.25, -0.2) is 4.98 Å². The van der Waals surface area contributed by atoms with E-state index in [1.807, 2.05) is 13.8 Å². The first-order valence-corrected chi connectivity index (χ1v) is 6.60. The van der Waals surface area contributed by atoms with Gasteiger partial charge >= 0.3 is 0 Å². The van der Waals surface area contributed by atoms with E-state index in [0.29, 0.717) is 24.6 Å². The summed E-state index contributed by atoms with van der Waals surface area (Å²) in [6.45, 7) is 6.16. The number of carbonyl (C=O) groups is 1. The van der Waals surface area contributed by atoms with Gasteiger partial charge in [0.2, 0.25) is 5.76 Å².